The average Bonchev–Trinajstić information content (AvgIpc) is 2.47. The van der Waals surface area contributed by atoms with Gasteiger partial charge in [-0.05, 0) is 29.8 Å². The van der Waals surface area contributed by atoms with Crippen LogP contribution in [-0.2, 0) is 4.79 Å². The van der Waals surface area contributed by atoms with Crippen LogP contribution < -0.4 is 11.1 Å². The Balaban J connectivity index is 2.11. The first-order valence-corrected chi connectivity index (χ1v) is 6.49. The number of carbonyl (C=O) groups is 2. The van der Waals surface area contributed by atoms with Crippen LogP contribution in [-0.4, -0.2) is 16.9 Å². The molecule has 4 N–H and O–H groups in total. The van der Waals surface area contributed by atoms with E-state index in [9.17, 15) is 14.7 Å². The molecule has 0 aromatic heterocycles. The van der Waals surface area contributed by atoms with Gasteiger partial charge in [-0.25, -0.2) is 0 Å². The van der Waals surface area contributed by atoms with E-state index in [0.29, 0.717) is 16.8 Å². The maximum absolute atomic E-state index is 12.0. The molecule has 21 heavy (non-hydrogen) atoms. The van der Waals surface area contributed by atoms with E-state index in [1.807, 2.05) is 6.07 Å². The minimum Gasteiger partial charge on any atom is -0.388 e. The molecule has 108 valence electrons. The summed E-state index contributed by atoms with van der Waals surface area (Å²) < 4.78 is 0. The smallest absolute Gasteiger partial charge is 0.255 e. The van der Waals surface area contributed by atoms with Crippen molar-refractivity contribution in [2.45, 2.75) is 12.5 Å². The third-order valence-corrected chi connectivity index (χ3v) is 2.96. The summed E-state index contributed by atoms with van der Waals surface area (Å²) in [5.41, 5.74) is 6.67. The summed E-state index contributed by atoms with van der Waals surface area (Å²) in [5, 5.41) is 12.6. The molecule has 0 aliphatic heterocycles. The van der Waals surface area contributed by atoms with Crippen molar-refractivity contribution in [3.63, 3.8) is 0 Å². The van der Waals surface area contributed by atoms with Gasteiger partial charge in [-0.2, -0.15) is 0 Å². The highest BCUT2D eigenvalue weighted by Crippen LogP contribution is 2.20. The van der Waals surface area contributed by atoms with Gasteiger partial charge in [-0.15, -0.1) is 0 Å². The fourth-order valence-electron chi connectivity index (χ4n) is 1.92. The second-order valence-electron chi connectivity index (χ2n) is 4.63. The number of benzene rings is 2. The van der Waals surface area contributed by atoms with Gasteiger partial charge in [-0.3, -0.25) is 9.59 Å². The zero-order valence-electron chi connectivity index (χ0n) is 11.3. The largest absolute Gasteiger partial charge is 0.388 e. The number of amides is 2. The molecule has 5 heteroatoms. The van der Waals surface area contributed by atoms with Crippen LogP contribution in [0.1, 0.15) is 28.4 Å². The number of hydrogen-bond acceptors (Lipinski definition) is 3. The van der Waals surface area contributed by atoms with E-state index in [4.69, 9.17) is 5.73 Å². The first-order valence-electron chi connectivity index (χ1n) is 6.49. The molecule has 2 rings (SSSR count). The van der Waals surface area contributed by atoms with E-state index in [-0.39, 0.29) is 12.3 Å². The standard InChI is InChI=1S/C16H16N2O3/c17-15(20)10-14(19)12-7-4-8-13(9-12)18-16(21)11-5-2-1-3-6-11/h1-9,14,19H,10H2,(H2,17,20)(H,18,21). The summed E-state index contributed by atoms with van der Waals surface area (Å²) in [6.45, 7) is 0. The lowest BCUT2D eigenvalue weighted by Crippen LogP contribution is -2.15. The Morgan fingerprint density at radius 1 is 1.10 bits per heavy atom. The summed E-state index contributed by atoms with van der Waals surface area (Å²) >= 11 is 0. The third kappa shape index (κ3) is 4.15. The lowest BCUT2D eigenvalue weighted by atomic mass is 10.1. The molecule has 0 aliphatic carbocycles. The van der Waals surface area contributed by atoms with Crippen LogP contribution in [0.15, 0.2) is 54.6 Å². The maximum Gasteiger partial charge on any atom is 0.255 e. The molecule has 2 aromatic carbocycles. The molecule has 0 radical (unpaired) electrons. The molecule has 0 aliphatic rings. The number of aliphatic hydroxyl groups excluding tert-OH is 1. The van der Waals surface area contributed by atoms with Gasteiger partial charge in [0.25, 0.3) is 5.91 Å². The normalized spacial score (nSPS) is 11.7. The van der Waals surface area contributed by atoms with E-state index >= 15 is 0 Å². The predicted octanol–water partition coefficient (Wildman–Crippen LogP) is 1.85. The van der Waals surface area contributed by atoms with E-state index in [1.54, 1.807) is 48.5 Å². The first kappa shape index (κ1) is 14.7. The molecule has 2 aromatic rings. The molecule has 1 unspecified atom stereocenters. The van der Waals surface area contributed by atoms with E-state index < -0.39 is 12.0 Å². The lowest BCUT2D eigenvalue weighted by molar-refractivity contribution is -0.119. The van der Waals surface area contributed by atoms with Crippen molar-refractivity contribution in [1.82, 2.24) is 0 Å². The Bertz CT molecular complexity index is 641. The highest BCUT2D eigenvalue weighted by Gasteiger charge is 2.12. The number of nitrogens with one attached hydrogen (secondary N) is 1. The Hall–Kier alpha value is -2.66. The van der Waals surface area contributed by atoms with Crippen LogP contribution in [0.2, 0.25) is 0 Å². The topological polar surface area (TPSA) is 92.4 Å². The van der Waals surface area contributed by atoms with Crippen LogP contribution in [0, 0.1) is 0 Å². The summed E-state index contributed by atoms with van der Waals surface area (Å²) in [6, 6.07) is 15.5. The summed E-state index contributed by atoms with van der Waals surface area (Å²) in [4.78, 5) is 22.8. The van der Waals surface area contributed by atoms with Gasteiger partial charge in [0.1, 0.15) is 0 Å². The van der Waals surface area contributed by atoms with Crippen molar-refractivity contribution < 1.29 is 14.7 Å². The average molecular weight is 284 g/mol. The summed E-state index contributed by atoms with van der Waals surface area (Å²) in [6.07, 6.45) is -1.13. The van der Waals surface area contributed by atoms with Gasteiger partial charge >= 0.3 is 0 Å². The van der Waals surface area contributed by atoms with Crippen molar-refractivity contribution in [3.05, 3.63) is 65.7 Å². The molecular formula is C16H16N2O3. The van der Waals surface area contributed by atoms with Crippen molar-refractivity contribution in [1.29, 1.82) is 0 Å². The number of hydrogen-bond donors (Lipinski definition) is 3. The van der Waals surface area contributed by atoms with Crippen LogP contribution in [0.25, 0.3) is 0 Å². The highest BCUT2D eigenvalue weighted by atomic mass is 16.3. The molecule has 0 spiro atoms. The van der Waals surface area contributed by atoms with Gasteiger partial charge in [-0.1, -0.05) is 30.3 Å². The maximum atomic E-state index is 12.0. The van der Waals surface area contributed by atoms with Gasteiger partial charge in [0.05, 0.1) is 12.5 Å². The number of carbonyl (C=O) groups excluding carboxylic acids is 2. The minimum atomic E-state index is -0.976. The van der Waals surface area contributed by atoms with Crippen molar-refractivity contribution in [2.24, 2.45) is 5.73 Å². The molecule has 0 fully saturated rings. The van der Waals surface area contributed by atoms with E-state index in [2.05, 4.69) is 5.32 Å². The van der Waals surface area contributed by atoms with E-state index in [0.717, 1.165) is 0 Å². The number of primary amides is 1. The van der Waals surface area contributed by atoms with Crippen LogP contribution >= 0.6 is 0 Å². The van der Waals surface area contributed by atoms with Gasteiger partial charge in [0.15, 0.2) is 0 Å². The molecule has 1 atom stereocenters. The highest BCUT2D eigenvalue weighted by molar-refractivity contribution is 6.04. The van der Waals surface area contributed by atoms with E-state index in [1.165, 1.54) is 0 Å². The Labute approximate surface area is 122 Å². The number of aliphatic hydroxyl groups is 1. The zero-order valence-corrected chi connectivity index (χ0v) is 11.3. The lowest BCUT2D eigenvalue weighted by Gasteiger charge is -2.11. The van der Waals surface area contributed by atoms with Crippen molar-refractivity contribution >= 4 is 17.5 Å². The van der Waals surface area contributed by atoms with Crippen molar-refractivity contribution in [3.8, 4) is 0 Å². The monoisotopic (exact) mass is 284 g/mol. The predicted molar refractivity (Wildman–Crippen MR) is 79.6 cm³/mol. The Morgan fingerprint density at radius 2 is 1.81 bits per heavy atom. The first-order chi connectivity index (χ1) is 10.1. The quantitative estimate of drug-likeness (QED) is 0.782. The number of rotatable bonds is 5. The van der Waals surface area contributed by atoms with Crippen LogP contribution in [0.4, 0.5) is 5.69 Å². The number of nitrogens with two attached hydrogens (primary N) is 1. The van der Waals surface area contributed by atoms with Gasteiger partial charge in [0, 0.05) is 11.3 Å². The molecule has 2 amide bonds. The fourth-order valence-corrected chi connectivity index (χ4v) is 1.92. The SMILES string of the molecule is NC(=O)CC(O)c1cccc(NC(=O)c2ccccc2)c1. The molecule has 0 saturated heterocycles. The zero-order chi connectivity index (χ0) is 15.2. The molecule has 0 heterocycles. The molecule has 0 bridgehead atoms. The minimum absolute atomic E-state index is 0.157. The molecular weight excluding hydrogens is 268 g/mol. The number of anilines is 1. The Morgan fingerprint density at radius 3 is 2.48 bits per heavy atom. The summed E-state index contributed by atoms with van der Waals surface area (Å²) in [7, 11) is 0. The third-order valence-electron chi connectivity index (χ3n) is 2.96. The van der Waals surface area contributed by atoms with Gasteiger partial charge in [0.2, 0.25) is 5.91 Å². The molecule has 5 nitrogen and oxygen atoms in total. The molecule has 0 saturated carbocycles. The second kappa shape index (κ2) is 6.67. The van der Waals surface area contributed by atoms with Crippen molar-refractivity contribution in [2.75, 3.05) is 5.32 Å². The van der Waals surface area contributed by atoms with Crippen LogP contribution in [0.5, 0.6) is 0 Å². The fraction of sp³-hybridized carbons (Fsp3) is 0.125. The van der Waals surface area contributed by atoms with Crippen LogP contribution in [0.3, 0.4) is 0 Å². The second-order valence-corrected chi connectivity index (χ2v) is 4.63. The summed E-state index contributed by atoms with van der Waals surface area (Å²) in [5.74, 6) is -0.821. The Kier molecular flexibility index (Phi) is 4.68. The van der Waals surface area contributed by atoms with Gasteiger partial charge < -0.3 is 16.2 Å².